The van der Waals surface area contributed by atoms with E-state index in [-0.39, 0.29) is 5.75 Å². The van der Waals surface area contributed by atoms with E-state index in [1.807, 2.05) is 6.07 Å². The molecule has 0 saturated carbocycles. The second-order valence-electron chi connectivity index (χ2n) is 3.55. The van der Waals surface area contributed by atoms with Crippen LogP contribution in [-0.4, -0.2) is 14.2 Å². The summed E-state index contributed by atoms with van der Waals surface area (Å²) in [6.07, 6.45) is 0.503. The number of hydrogen-bond acceptors (Lipinski definition) is 3. The summed E-state index contributed by atoms with van der Waals surface area (Å²) in [7, 11) is -3.42. The summed E-state index contributed by atoms with van der Waals surface area (Å²) in [6.45, 7) is 1.76. The van der Waals surface area contributed by atoms with Crippen molar-refractivity contribution < 1.29 is 8.42 Å². The van der Waals surface area contributed by atoms with E-state index < -0.39 is 16.1 Å². The van der Waals surface area contributed by atoms with E-state index in [0.29, 0.717) is 17.0 Å². The molecule has 0 amide bonds. The zero-order valence-corrected chi connectivity index (χ0v) is 10.9. The normalized spacial score (nSPS) is 13.0. The molecular formula is C11H13ClN2O2S. The van der Waals surface area contributed by atoms with Crippen molar-refractivity contribution in [3.8, 4) is 6.07 Å². The van der Waals surface area contributed by atoms with E-state index in [9.17, 15) is 8.42 Å². The Kier molecular flexibility index (Phi) is 4.94. The van der Waals surface area contributed by atoms with Crippen LogP contribution in [0, 0.1) is 11.3 Å². The fourth-order valence-electron chi connectivity index (χ4n) is 1.36. The van der Waals surface area contributed by atoms with Gasteiger partial charge < -0.3 is 0 Å². The Labute approximate surface area is 106 Å². The van der Waals surface area contributed by atoms with Crippen molar-refractivity contribution in [3.63, 3.8) is 0 Å². The average Bonchev–Trinajstić information content (AvgIpc) is 2.26. The lowest BCUT2D eigenvalue weighted by Crippen LogP contribution is -2.29. The maximum atomic E-state index is 11.6. The minimum atomic E-state index is -3.42. The van der Waals surface area contributed by atoms with Crippen LogP contribution in [0.4, 0.5) is 0 Å². The minimum absolute atomic E-state index is 0.00570. The molecule has 17 heavy (non-hydrogen) atoms. The molecule has 1 aromatic rings. The van der Waals surface area contributed by atoms with E-state index >= 15 is 0 Å². The molecule has 0 bridgehead atoms. The number of nitrogens with zero attached hydrogens (tertiary/aromatic N) is 1. The van der Waals surface area contributed by atoms with Gasteiger partial charge in [0.2, 0.25) is 10.0 Å². The molecule has 92 valence electrons. The van der Waals surface area contributed by atoms with Crippen LogP contribution >= 0.6 is 11.6 Å². The fraction of sp³-hybridized carbons (Fsp3) is 0.364. The predicted octanol–water partition coefficient (Wildman–Crippen LogP) is 2.23. The summed E-state index contributed by atoms with van der Waals surface area (Å²) in [4.78, 5) is 0. The zero-order chi connectivity index (χ0) is 12.9. The first-order valence-corrected chi connectivity index (χ1v) is 7.16. The minimum Gasteiger partial charge on any atom is -0.212 e. The maximum absolute atomic E-state index is 11.6. The molecule has 6 heteroatoms. The van der Waals surface area contributed by atoms with Crippen LogP contribution in [0.5, 0.6) is 0 Å². The highest BCUT2D eigenvalue weighted by Crippen LogP contribution is 2.18. The van der Waals surface area contributed by atoms with Crippen LogP contribution in [-0.2, 0) is 10.0 Å². The summed E-state index contributed by atoms with van der Waals surface area (Å²) in [5.74, 6) is 0.00570. The van der Waals surface area contributed by atoms with Crippen LogP contribution in [0.2, 0.25) is 5.02 Å². The maximum Gasteiger partial charge on any atom is 0.213 e. The molecule has 0 aliphatic rings. The Morgan fingerprint density at radius 2 is 2.24 bits per heavy atom. The molecule has 0 heterocycles. The SMILES string of the molecule is CCCS(=O)(=O)NC(C#N)c1cccc(Cl)c1. The molecule has 0 aliphatic carbocycles. The molecule has 0 fully saturated rings. The van der Waals surface area contributed by atoms with Crippen LogP contribution in [0.15, 0.2) is 24.3 Å². The molecule has 1 rings (SSSR count). The van der Waals surface area contributed by atoms with Gasteiger partial charge in [-0.2, -0.15) is 9.98 Å². The lowest BCUT2D eigenvalue weighted by Gasteiger charge is -2.12. The topological polar surface area (TPSA) is 70.0 Å². The Balaban J connectivity index is 2.91. The number of halogens is 1. The van der Waals surface area contributed by atoms with Gasteiger partial charge in [-0.15, -0.1) is 0 Å². The third kappa shape index (κ3) is 4.35. The van der Waals surface area contributed by atoms with Crippen LogP contribution < -0.4 is 4.72 Å². The molecule has 1 unspecified atom stereocenters. The van der Waals surface area contributed by atoms with E-state index in [2.05, 4.69) is 4.72 Å². The standard InChI is InChI=1S/C11H13ClN2O2S/c1-2-6-17(15,16)14-11(8-13)9-4-3-5-10(12)7-9/h3-5,7,11,14H,2,6H2,1H3. The summed E-state index contributed by atoms with van der Waals surface area (Å²) >= 11 is 5.79. The quantitative estimate of drug-likeness (QED) is 0.894. The highest BCUT2D eigenvalue weighted by molar-refractivity contribution is 7.89. The lowest BCUT2D eigenvalue weighted by atomic mass is 10.1. The second kappa shape index (κ2) is 6.01. The van der Waals surface area contributed by atoms with Gasteiger partial charge in [-0.1, -0.05) is 30.7 Å². The summed E-state index contributed by atoms with van der Waals surface area (Å²) < 4.78 is 25.5. The van der Waals surface area contributed by atoms with Gasteiger partial charge in [-0.05, 0) is 24.1 Å². The van der Waals surface area contributed by atoms with Gasteiger partial charge in [0.05, 0.1) is 11.8 Å². The van der Waals surface area contributed by atoms with Crippen LogP contribution in [0.1, 0.15) is 24.9 Å². The number of benzene rings is 1. The van der Waals surface area contributed by atoms with Crippen molar-refractivity contribution in [1.29, 1.82) is 5.26 Å². The Hall–Kier alpha value is -1.09. The van der Waals surface area contributed by atoms with E-state index in [1.165, 1.54) is 0 Å². The summed E-state index contributed by atoms with van der Waals surface area (Å²) in [6, 6.07) is 7.59. The molecule has 1 atom stereocenters. The predicted molar refractivity (Wildman–Crippen MR) is 67.0 cm³/mol. The van der Waals surface area contributed by atoms with Crippen molar-refractivity contribution in [2.75, 3.05) is 5.75 Å². The third-order valence-corrected chi connectivity index (χ3v) is 3.86. The largest absolute Gasteiger partial charge is 0.213 e. The summed E-state index contributed by atoms with van der Waals surface area (Å²) in [5.41, 5.74) is 0.541. The Morgan fingerprint density at radius 3 is 2.76 bits per heavy atom. The highest BCUT2D eigenvalue weighted by Gasteiger charge is 2.18. The molecule has 1 aromatic carbocycles. The molecule has 4 nitrogen and oxygen atoms in total. The van der Waals surface area contributed by atoms with Crippen molar-refractivity contribution >= 4 is 21.6 Å². The molecular weight excluding hydrogens is 260 g/mol. The van der Waals surface area contributed by atoms with Gasteiger partial charge in [0.15, 0.2) is 0 Å². The van der Waals surface area contributed by atoms with E-state index in [1.54, 1.807) is 31.2 Å². The van der Waals surface area contributed by atoms with Crippen LogP contribution in [0.25, 0.3) is 0 Å². The van der Waals surface area contributed by atoms with Gasteiger partial charge in [0.1, 0.15) is 6.04 Å². The number of nitriles is 1. The molecule has 0 aromatic heterocycles. The smallest absolute Gasteiger partial charge is 0.212 e. The monoisotopic (exact) mass is 272 g/mol. The van der Waals surface area contributed by atoms with Crippen LogP contribution in [0.3, 0.4) is 0 Å². The number of rotatable bonds is 5. The van der Waals surface area contributed by atoms with Crippen molar-refractivity contribution in [3.05, 3.63) is 34.9 Å². The van der Waals surface area contributed by atoms with Gasteiger partial charge in [-0.25, -0.2) is 8.42 Å². The highest BCUT2D eigenvalue weighted by atomic mass is 35.5. The molecule has 0 radical (unpaired) electrons. The molecule has 0 spiro atoms. The molecule has 1 N–H and O–H groups in total. The van der Waals surface area contributed by atoms with Gasteiger partial charge >= 0.3 is 0 Å². The Morgan fingerprint density at radius 1 is 1.53 bits per heavy atom. The van der Waals surface area contributed by atoms with E-state index in [4.69, 9.17) is 16.9 Å². The second-order valence-corrected chi connectivity index (χ2v) is 5.86. The van der Waals surface area contributed by atoms with Gasteiger partial charge in [-0.3, -0.25) is 0 Å². The van der Waals surface area contributed by atoms with Crippen molar-refractivity contribution in [1.82, 2.24) is 4.72 Å². The fourth-order valence-corrected chi connectivity index (χ4v) is 2.76. The first-order valence-electron chi connectivity index (χ1n) is 5.13. The number of sulfonamides is 1. The Bertz CT molecular complexity index is 523. The molecule has 0 saturated heterocycles. The number of hydrogen-bond donors (Lipinski definition) is 1. The van der Waals surface area contributed by atoms with Crippen molar-refractivity contribution in [2.24, 2.45) is 0 Å². The zero-order valence-electron chi connectivity index (χ0n) is 9.35. The summed E-state index contributed by atoms with van der Waals surface area (Å²) in [5, 5.41) is 9.45. The van der Waals surface area contributed by atoms with E-state index in [0.717, 1.165) is 0 Å². The first-order chi connectivity index (χ1) is 7.98. The molecule has 0 aliphatic heterocycles. The van der Waals surface area contributed by atoms with Crippen molar-refractivity contribution in [2.45, 2.75) is 19.4 Å². The number of nitrogens with one attached hydrogen (secondary N) is 1. The van der Waals surface area contributed by atoms with Gasteiger partial charge in [0, 0.05) is 5.02 Å². The lowest BCUT2D eigenvalue weighted by molar-refractivity contribution is 0.574. The van der Waals surface area contributed by atoms with Gasteiger partial charge in [0.25, 0.3) is 0 Å². The first kappa shape index (κ1) is 14.0. The average molecular weight is 273 g/mol. The third-order valence-electron chi connectivity index (χ3n) is 2.08.